The molecule has 2 aromatic carbocycles. The normalized spacial score (nSPS) is 14.4. The second kappa shape index (κ2) is 11.8. The van der Waals surface area contributed by atoms with Gasteiger partial charge in [-0.15, -0.1) is 0 Å². The average Bonchev–Trinajstić information content (AvgIpc) is 3.07. The molecule has 0 unspecified atom stereocenters. The molecule has 2 aromatic rings. The first kappa shape index (κ1) is 26.8. The second-order valence-electron chi connectivity index (χ2n) is 8.35. The SMILES string of the molecule is COc1cc(/C=C2/SC(=O)N(CC(=O)OC(C)C)C2=O)ccc1OCC(=O)Nc1ccc(C)c(C)c1. The van der Waals surface area contributed by atoms with Gasteiger partial charge < -0.3 is 19.5 Å². The number of carbonyl (C=O) groups is 4. The summed E-state index contributed by atoms with van der Waals surface area (Å²) in [6.07, 6.45) is 1.18. The number of hydrogen-bond donors (Lipinski definition) is 1. The highest BCUT2D eigenvalue weighted by atomic mass is 32.2. The molecule has 36 heavy (non-hydrogen) atoms. The lowest BCUT2D eigenvalue weighted by atomic mass is 10.1. The van der Waals surface area contributed by atoms with E-state index in [1.54, 1.807) is 32.0 Å². The fourth-order valence-corrected chi connectivity index (χ4v) is 4.11. The number of benzene rings is 2. The fraction of sp³-hybridized carbons (Fsp3) is 0.308. The molecule has 9 nitrogen and oxygen atoms in total. The van der Waals surface area contributed by atoms with E-state index in [2.05, 4.69) is 5.32 Å². The summed E-state index contributed by atoms with van der Waals surface area (Å²) in [4.78, 5) is 50.1. The molecule has 0 bridgehead atoms. The minimum Gasteiger partial charge on any atom is -0.493 e. The van der Waals surface area contributed by atoms with Crippen molar-refractivity contribution in [2.75, 3.05) is 25.6 Å². The molecule has 0 aromatic heterocycles. The monoisotopic (exact) mass is 512 g/mol. The molecule has 1 saturated heterocycles. The smallest absolute Gasteiger partial charge is 0.326 e. The van der Waals surface area contributed by atoms with Crippen LogP contribution in [0.25, 0.3) is 6.08 Å². The van der Waals surface area contributed by atoms with Gasteiger partial charge in [0.2, 0.25) is 0 Å². The quantitative estimate of drug-likeness (QED) is 0.391. The summed E-state index contributed by atoms with van der Waals surface area (Å²) in [5.41, 5.74) is 3.46. The predicted molar refractivity (Wildman–Crippen MR) is 137 cm³/mol. The van der Waals surface area contributed by atoms with Crippen molar-refractivity contribution in [3.63, 3.8) is 0 Å². The van der Waals surface area contributed by atoms with Crippen molar-refractivity contribution in [1.29, 1.82) is 0 Å². The Kier molecular flexibility index (Phi) is 8.76. The topological polar surface area (TPSA) is 111 Å². The summed E-state index contributed by atoms with van der Waals surface area (Å²) in [5, 5.41) is 2.24. The molecule has 1 heterocycles. The van der Waals surface area contributed by atoms with Gasteiger partial charge in [-0.25, -0.2) is 0 Å². The summed E-state index contributed by atoms with van der Waals surface area (Å²) < 4.78 is 16.0. The van der Waals surface area contributed by atoms with Gasteiger partial charge in [0.05, 0.1) is 18.1 Å². The van der Waals surface area contributed by atoms with Crippen molar-refractivity contribution < 1.29 is 33.4 Å². The molecule has 10 heteroatoms. The van der Waals surface area contributed by atoms with Crippen LogP contribution in [0.1, 0.15) is 30.5 Å². The number of rotatable bonds is 9. The van der Waals surface area contributed by atoms with E-state index in [0.29, 0.717) is 22.7 Å². The van der Waals surface area contributed by atoms with Crippen molar-refractivity contribution >= 4 is 46.5 Å². The third-order valence-electron chi connectivity index (χ3n) is 5.16. The van der Waals surface area contributed by atoms with Crippen LogP contribution in [0, 0.1) is 13.8 Å². The van der Waals surface area contributed by atoms with E-state index in [-0.39, 0.29) is 23.5 Å². The predicted octanol–water partition coefficient (Wildman–Crippen LogP) is 4.32. The standard InChI is InChI=1S/C26H28N2O7S/c1-15(2)35-24(30)13-28-25(31)22(36-26(28)32)12-18-7-9-20(21(11-18)33-5)34-14-23(29)27-19-8-6-16(3)17(4)10-19/h6-12,15H,13-14H2,1-5H3,(H,27,29)/b22-12+. The lowest BCUT2D eigenvalue weighted by Crippen LogP contribution is -2.35. The molecule has 1 N–H and O–H groups in total. The molecule has 1 aliphatic rings. The van der Waals surface area contributed by atoms with Crippen LogP contribution in [0.4, 0.5) is 10.5 Å². The number of esters is 1. The largest absolute Gasteiger partial charge is 0.493 e. The molecule has 3 amide bonds. The number of thioether (sulfide) groups is 1. The Morgan fingerprint density at radius 1 is 1.06 bits per heavy atom. The highest BCUT2D eigenvalue weighted by Crippen LogP contribution is 2.34. The highest BCUT2D eigenvalue weighted by molar-refractivity contribution is 8.18. The van der Waals surface area contributed by atoms with Crippen LogP contribution >= 0.6 is 11.8 Å². The molecule has 0 radical (unpaired) electrons. The molecular weight excluding hydrogens is 484 g/mol. The zero-order valence-corrected chi connectivity index (χ0v) is 21.6. The third-order valence-corrected chi connectivity index (χ3v) is 6.07. The summed E-state index contributed by atoms with van der Waals surface area (Å²) in [6, 6.07) is 10.5. The van der Waals surface area contributed by atoms with Gasteiger partial charge >= 0.3 is 5.97 Å². The van der Waals surface area contributed by atoms with Gasteiger partial charge in [-0.3, -0.25) is 24.1 Å². The van der Waals surface area contributed by atoms with Crippen LogP contribution in [0.3, 0.4) is 0 Å². The number of anilines is 1. The second-order valence-corrected chi connectivity index (χ2v) is 9.35. The van der Waals surface area contributed by atoms with E-state index in [9.17, 15) is 19.2 Å². The van der Waals surface area contributed by atoms with Crippen LogP contribution in [0.2, 0.25) is 0 Å². The molecule has 1 aliphatic heterocycles. The number of hydrogen-bond acceptors (Lipinski definition) is 8. The maximum atomic E-state index is 12.6. The zero-order chi connectivity index (χ0) is 26.4. The Labute approximate surface area is 213 Å². The van der Waals surface area contributed by atoms with Crippen molar-refractivity contribution in [2.24, 2.45) is 0 Å². The molecule has 190 valence electrons. The summed E-state index contributed by atoms with van der Waals surface area (Å²) in [5.74, 6) is -0.864. The van der Waals surface area contributed by atoms with E-state index >= 15 is 0 Å². The fourth-order valence-electron chi connectivity index (χ4n) is 3.27. The molecule has 3 rings (SSSR count). The molecule has 0 atom stereocenters. The first-order valence-electron chi connectivity index (χ1n) is 11.2. The van der Waals surface area contributed by atoms with Crippen LogP contribution in [0.15, 0.2) is 41.3 Å². The number of nitrogens with zero attached hydrogens (tertiary/aromatic N) is 1. The molecular formula is C26H28N2O7S. The van der Waals surface area contributed by atoms with Gasteiger partial charge in [-0.05, 0) is 86.5 Å². The molecule has 0 spiro atoms. The molecule has 0 saturated carbocycles. The van der Waals surface area contributed by atoms with Crippen LogP contribution in [0.5, 0.6) is 11.5 Å². The van der Waals surface area contributed by atoms with Gasteiger partial charge in [0.1, 0.15) is 6.54 Å². The van der Waals surface area contributed by atoms with Gasteiger partial charge in [-0.2, -0.15) is 0 Å². The van der Waals surface area contributed by atoms with E-state index in [1.807, 2.05) is 32.0 Å². The van der Waals surface area contributed by atoms with E-state index in [4.69, 9.17) is 14.2 Å². The Bertz CT molecular complexity index is 1220. The van der Waals surface area contributed by atoms with Gasteiger partial charge in [-0.1, -0.05) is 12.1 Å². The van der Waals surface area contributed by atoms with E-state index in [0.717, 1.165) is 27.8 Å². The average molecular weight is 513 g/mol. The third kappa shape index (κ3) is 6.88. The minimum atomic E-state index is -0.654. The summed E-state index contributed by atoms with van der Waals surface area (Å²) >= 11 is 0.738. The van der Waals surface area contributed by atoms with E-state index < -0.39 is 23.7 Å². The lowest BCUT2D eigenvalue weighted by Gasteiger charge is -2.13. The number of amides is 3. The van der Waals surface area contributed by atoms with Crippen molar-refractivity contribution in [2.45, 2.75) is 33.8 Å². The van der Waals surface area contributed by atoms with Crippen molar-refractivity contribution in [3.8, 4) is 11.5 Å². The zero-order valence-electron chi connectivity index (χ0n) is 20.7. The number of nitrogens with one attached hydrogen (secondary N) is 1. The van der Waals surface area contributed by atoms with E-state index in [1.165, 1.54) is 13.2 Å². The van der Waals surface area contributed by atoms with Crippen molar-refractivity contribution in [3.05, 3.63) is 58.0 Å². The number of imide groups is 1. The van der Waals surface area contributed by atoms with Crippen LogP contribution in [-0.2, 0) is 19.1 Å². The lowest BCUT2D eigenvalue weighted by molar-refractivity contribution is -0.149. The number of ether oxygens (including phenoxy) is 3. The van der Waals surface area contributed by atoms with Crippen LogP contribution < -0.4 is 14.8 Å². The summed E-state index contributed by atoms with van der Waals surface area (Å²) in [7, 11) is 1.45. The van der Waals surface area contributed by atoms with Gasteiger partial charge in [0, 0.05) is 5.69 Å². The van der Waals surface area contributed by atoms with Gasteiger partial charge in [0.15, 0.2) is 18.1 Å². The Morgan fingerprint density at radius 2 is 1.81 bits per heavy atom. The molecule has 1 fully saturated rings. The summed E-state index contributed by atoms with van der Waals surface area (Å²) in [6.45, 7) is 6.66. The Hall–Kier alpha value is -3.79. The van der Waals surface area contributed by atoms with Crippen molar-refractivity contribution in [1.82, 2.24) is 4.90 Å². The Morgan fingerprint density at radius 3 is 2.47 bits per heavy atom. The minimum absolute atomic E-state index is 0.167. The van der Waals surface area contributed by atoms with Gasteiger partial charge in [0.25, 0.3) is 17.1 Å². The Balaban J connectivity index is 1.65. The first-order valence-corrected chi connectivity index (χ1v) is 12.0. The highest BCUT2D eigenvalue weighted by Gasteiger charge is 2.36. The number of aryl methyl sites for hydroxylation is 2. The maximum absolute atomic E-state index is 12.6. The molecule has 0 aliphatic carbocycles. The van der Waals surface area contributed by atoms with Crippen LogP contribution in [-0.4, -0.2) is 54.3 Å². The first-order chi connectivity index (χ1) is 17.1. The number of methoxy groups -OCH3 is 1. The maximum Gasteiger partial charge on any atom is 0.326 e. The number of carbonyl (C=O) groups excluding carboxylic acids is 4.